The maximum atomic E-state index is 13.2. The summed E-state index contributed by atoms with van der Waals surface area (Å²) in [5.41, 5.74) is 2.36. The van der Waals surface area contributed by atoms with Crippen molar-refractivity contribution < 1.29 is 23.8 Å². The number of carbonyl (C=O) groups excluding carboxylic acids is 1. The van der Waals surface area contributed by atoms with Gasteiger partial charge in [-0.15, -0.1) is 0 Å². The van der Waals surface area contributed by atoms with Crippen LogP contribution in [-0.4, -0.2) is 34.0 Å². The lowest BCUT2D eigenvalue weighted by Gasteiger charge is -2.24. The second-order valence-corrected chi connectivity index (χ2v) is 8.91. The number of nitrogens with zero attached hydrogens (tertiary/aromatic N) is 1. The van der Waals surface area contributed by atoms with Crippen LogP contribution in [0.15, 0.2) is 66.7 Å². The van der Waals surface area contributed by atoms with Crippen LogP contribution in [-0.2, 0) is 24.2 Å². The van der Waals surface area contributed by atoms with E-state index in [9.17, 15) is 19.1 Å². The van der Waals surface area contributed by atoms with Crippen molar-refractivity contribution in [2.75, 3.05) is 6.54 Å². The Balaban J connectivity index is 1.53. The summed E-state index contributed by atoms with van der Waals surface area (Å²) in [6, 6.07) is 18.5. The first-order valence-electron chi connectivity index (χ1n) is 10.5. The molecule has 7 heteroatoms. The van der Waals surface area contributed by atoms with Crippen molar-refractivity contribution in [3.63, 3.8) is 0 Å². The Morgan fingerprint density at radius 2 is 1.85 bits per heavy atom. The molecule has 5 nitrogen and oxygen atoms in total. The Kier molecular flexibility index (Phi) is 6.38. The third-order valence-corrected chi connectivity index (χ3v) is 6.02. The molecule has 3 aromatic carbocycles. The molecule has 4 rings (SSSR count). The van der Waals surface area contributed by atoms with Crippen LogP contribution in [0.2, 0.25) is 5.02 Å². The Bertz CT molecular complexity index is 1200. The summed E-state index contributed by atoms with van der Waals surface area (Å²) in [5.74, 6) is -1.10. The molecule has 3 aromatic rings. The topological polar surface area (TPSA) is 66.8 Å². The number of carbonyl (C=O) groups is 2. The first-order chi connectivity index (χ1) is 15.7. The van der Waals surface area contributed by atoms with Gasteiger partial charge in [-0.05, 0) is 60.0 Å². The van der Waals surface area contributed by atoms with E-state index in [4.69, 9.17) is 16.3 Å². The summed E-state index contributed by atoms with van der Waals surface area (Å²) in [7, 11) is 0. The van der Waals surface area contributed by atoms with Crippen molar-refractivity contribution in [1.29, 1.82) is 0 Å². The molecule has 0 aromatic heterocycles. The molecule has 1 atom stereocenters. The van der Waals surface area contributed by atoms with Crippen LogP contribution < -0.4 is 4.74 Å². The molecular weight excluding hydrogens is 445 g/mol. The van der Waals surface area contributed by atoms with E-state index < -0.39 is 24.0 Å². The number of fused-ring (bicyclic) bond motifs is 1. The van der Waals surface area contributed by atoms with E-state index in [1.54, 1.807) is 54.6 Å². The van der Waals surface area contributed by atoms with E-state index in [2.05, 4.69) is 0 Å². The van der Waals surface area contributed by atoms with Crippen LogP contribution in [0, 0.1) is 5.82 Å². The summed E-state index contributed by atoms with van der Waals surface area (Å²) in [6.45, 7) is 1.62. The van der Waals surface area contributed by atoms with Gasteiger partial charge in [0.2, 0.25) is 0 Å². The molecule has 0 saturated carbocycles. The predicted molar refractivity (Wildman–Crippen MR) is 123 cm³/mol. The highest BCUT2D eigenvalue weighted by Crippen LogP contribution is 2.37. The maximum Gasteiger partial charge on any atom is 0.323 e. The van der Waals surface area contributed by atoms with Gasteiger partial charge in [-0.3, -0.25) is 9.59 Å². The van der Waals surface area contributed by atoms with E-state index >= 15 is 0 Å². The summed E-state index contributed by atoms with van der Waals surface area (Å²) < 4.78 is 19.4. The normalized spacial score (nSPS) is 16.7. The number of aliphatic carboxylic acids is 1. The van der Waals surface area contributed by atoms with Crippen molar-refractivity contribution in [2.24, 2.45) is 0 Å². The lowest BCUT2D eigenvalue weighted by Crippen LogP contribution is -2.35. The average molecular weight is 468 g/mol. The van der Waals surface area contributed by atoms with Crippen molar-refractivity contribution in [1.82, 2.24) is 4.90 Å². The van der Waals surface area contributed by atoms with Crippen LogP contribution in [0.3, 0.4) is 0 Å². The zero-order valence-electron chi connectivity index (χ0n) is 18.1. The van der Waals surface area contributed by atoms with Crippen molar-refractivity contribution >= 4 is 23.5 Å². The summed E-state index contributed by atoms with van der Waals surface area (Å²) in [5, 5.41) is 9.81. The van der Waals surface area contributed by atoms with Gasteiger partial charge < -0.3 is 14.7 Å². The van der Waals surface area contributed by atoms with Crippen LogP contribution in [0.5, 0.6) is 5.75 Å². The lowest BCUT2D eigenvalue weighted by atomic mass is 9.91. The molecule has 1 amide bonds. The molecule has 170 valence electrons. The maximum absolute atomic E-state index is 13.2. The molecule has 0 bridgehead atoms. The van der Waals surface area contributed by atoms with Gasteiger partial charge in [-0.1, -0.05) is 41.9 Å². The van der Waals surface area contributed by atoms with Gasteiger partial charge in [0.25, 0.3) is 5.91 Å². The van der Waals surface area contributed by atoms with E-state index in [0.29, 0.717) is 34.7 Å². The largest absolute Gasteiger partial charge is 0.487 e. The highest BCUT2D eigenvalue weighted by molar-refractivity contribution is 6.31. The highest BCUT2D eigenvalue weighted by Gasteiger charge is 2.35. The van der Waals surface area contributed by atoms with E-state index in [1.165, 1.54) is 17.0 Å². The molecule has 1 aliphatic heterocycles. The number of ether oxygens (including phenoxy) is 1. The van der Waals surface area contributed by atoms with Gasteiger partial charge in [0.1, 0.15) is 23.7 Å². The van der Waals surface area contributed by atoms with Gasteiger partial charge >= 0.3 is 5.97 Å². The third-order valence-electron chi connectivity index (χ3n) is 5.65. The van der Waals surface area contributed by atoms with E-state index in [1.807, 2.05) is 6.92 Å². The minimum absolute atomic E-state index is 0.0840. The van der Waals surface area contributed by atoms with Crippen LogP contribution in [0.1, 0.15) is 34.0 Å². The number of amides is 1. The van der Waals surface area contributed by atoms with Gasteiger partial charge in [0, 0.05) is 30.0 Å². The summed E-state index contributed by atoms with van der Waals surface area (Å²) in [6.07, 6.45) is 1.16. The molecule has 0 unspecified atom stereocenters. The molecule has 0 aliphatic carbocycles. The molecule has 1 N–H and O–H groups in total. The van der Waals surface area contributed by atoms with Crippen molar-refractivity contribution in [3.05, 3.63) is 99.8 Å². The Morgan fingerprint density at radius 1 is 1.12 bits per heavy atom. The Morgan fingerprint density at radius 3 is 2.55 bits per heavy atom. The SMILES string of the molecule is C[C@]1(Cc2ccc(F)cc2)Cc2cc(C(=O)N(CC(=O)O)Cc3ccccc3Cl)ccc2O1. The lowest BCUT2D eigenvalue weighted by molar-refractivity contribution is -0.137. The second kappa shape index (κ2) is 9.24. The number of rotatable bonds is 7. The second-order valence-electron chi connectivity index (χ2n) is 8.50. The smallest absolute Gasteiger partial charge is 0.323 e. The minimum Gasteiger partial charge on any atom is -0.487 e. The fourth-order valence-electron chi connectivity index (χ4n) is 4.16. The Hall–Kier alpha value is -3.38. The fraction of sp³-hybridized carbons (Fsp3) is 0.231. The molecular formula is C26H23ClFNO4. The van der Waals surface area contributed by atoms with E-state index in [-0.39, 0.29) is 12.4 Å². The van der Waals surface area contributed by atoms with E-state index in [0.717, 1.165) is 11.1 Å². The van der Waals surface area contributed by atoms with Gasteiger partial charge in [-0.2, -0.15) is 0 Å². The number of hydrogen-bond acceptors (Lipinski definition) is 3. The monoisotopic (exact) mass is 467 g/mol. The Labute approximate surface area is 196 Å². The number of benzene rings is 3. The van der Waals surface area contributed by atoms with Crippen LogP contribution in [0.25, 0.3) is 0 Å². The predicted octanol–water partition coefficient (Wildman–Crippen LogP) is 5.14. The van der Waals surface area contributed by atoms with Crippen LogP contribution in [0.4, 0.5) is 4.39 Å². The minimum atomic E-state index is -1.10. The number of hydrogen-bond donors (Lipinski definition) is 1. The standard InChI is InChI=1S/C26H23ClFNO4/c1-26(13-17-6-9-21(28)10-7-17)14-20-12-18(8-11-23(20)33-26)25(32)29(16-24(30)31)15-19-4-2-3-5-22(19)27/h2-12H,13-16H2,1H3,(H,30,31)/t26-/m0/s1. The number of halogens is 2. The van der Waals surface area contributed by atoms with Gasteiger partial charge in [0.05, 0.1) is 0 Å². The first-order valence-corrected chi connectivity index (χ1v) is 10.9. The fourth-order valence-corrected chi connectivity index (χ4v) is 4.36. The molecule has 0 saturated heterocycles. The average Bonchev–Trinajstić information content (AvgIpc) is 3.10. The van der Waals surface area contributed by atoms with Crippen molar-refractivity contribution in [3.8, 4) is 5.75 Å². The molecule has 1 aliphatic rings. The molecule has 0 radical (unpaired) electrons. The molecule has 1 heterocycles. The first kappa shape index (κ1) is 22.8. The molecule has 0 fully saturated rings. The quantitative estimate of drug-likeness (QED) is 0.522. The third kappa shape index (κ3) is 5.34. The number of carboxylic acids is 1. The highest BCUT2D eigenvalue weighted by atomic mass is 35.5. The summed E-state index contributed by atoms with van der Waals surface area (Å²) in [4.78, 5) is 25.9. The van der Waals surface area contributed by atoms with Crippen molar-refractivity contribution in [2.45, 2.75) is 31.9 Å². The van der Waals surface area contributed by atoms with Crippen LogP contribution >= 0.6 is 11.6 Å². The number of carboxylic acid groups (broad SMARTS) is 1. The van der Waals surface area contributed by atoms with Gasteiger partial charge in [0.15, 0.2) is 0 Å². The zero-order valence-corrected chi connectivity index (χ0v) is 18.8. The summed E-state index contributed by atoms with van der Waals surface area (Å²) >= 11 is 6.22. The zero-order chi connectivity index (χ0) is 23.6. The molecule has 33 heavy (non-hydrogen) atoms. The molecule has 0 spiro atoms. The van der Waals surface area contributed by atoms with Gasteiger partial charge in [-0.25, -0.2) is 4.39 Å².